The number of rotatable bonds is 19. The third-order valence-electron chi connectivity index (χ3n) is 23.7. The number of para-hydroxylation sites is 2. The summed E-state index contributed by atoms with van der Waals surface area (Å²) in [7, 11) is -2.62. The van der Waals surface area contributed by atoms with Crippen molar-refractivity contribution in [1.29, 1.82) is 0 Å². The first-order valence-corrected chi connectivity index (χ1v) is 47.7. The molecule has 6 atom stereocenters. The van der Waals surface area contributed by atoms with Crippen LogP contribution >= 0.6 is 45.9 Å². The molecule has 0 amide bonds. The molecular weight excluding hydrogens is 1840 g/mol. The number of carboxylic acids is 2. The maximum atomic E-state index is 13.6. The summed E-state index contributed by atoms with van der Waals surface area (Å²) >= 11 is 15.2. The zero-order valence-corrected chi connectivity index (χ0v) is 79.8. The summed E-state index contributed by atoms with van der Waals surface area (Å²) in [6, 6.07) is 46.7. The van der Waals surface area contributed by atoms with Crippen LogP contribution in [0.3, 0.4) is 0 Å². The van der Waals surface area contributed by atoms with Crippen molar-refractivity contribution in [2.75, 3.05) is 20.2 Å². The van der Waals surface area contributed by atoms with Gasteiger partial charge in [-0.25, -0.2) is 26.2 Å². The van der Waals surface area contributed by atoms with Crippen LogP contribution < -0.4 is 9.47 Å². The summed E-state index contributed by atoms with van der Waals surface area (Å²) in [5, 5.41) is 56.2. The molecule has 6 aromatic heterocycles. The fraction of sp³-hybridized carbons (Fsp3) is 0.323. The lowest BCUT2D eigenvalue weighted by molar-refractivity contribution is -0.141. The van der Waals surface area contributed by atoms with Crippen molar-refractivity contribution in [3.63, 3.8) is 0 Å². The molecule has 706 valence electrons. The number of ether oxygens (including phenoxy) is 3. The molecule has 30 nitrogen and oxygen atoms in total. The van der Waals surface area contributed by atoms with Gasteiger partial charge in [-0.05, 0) is 211 Å². The molecule has 14 aromatic rings. The number of methoxy groups -OCH3 is 1. The van der Waals surface area contributed by atoms with E-state index >= 15 is 0 Å². The number of nitrogens with zero attached hydrogens (tertiary/aromatic N) is 16. The average Bonchev–Trinajstić information content (AvgIpc) is 1.58. The van der Waals surface area contributed by atoms with Crippen molar-refractivity contribution >= 4 is 129 Å². The Bertz CT molecular complexity index is 6960. The van der Waals surface area contributed by atoms with Gasteiger partial charge in [-0.15, -0.1) is 53.3 Å². The highest BCUT2D eigenvalue weighted by molar-refractivity contribution is 7.89. The molecule has 10 heterocycles. The molecule has 0 spiro atoms. The standard InChI is InChI=1S/2C28H30N4O5S.C20H17ClN4O3S.C20H19ClN4OS.3CH4/c2*1-17-9-10-20(23(14-27(33)34)21-11-18(2)28-24(13-21)29-30-31(28)4)12-22(17)16-32-15-19(3)37-25-7-5-6-8-26(25)38(32,35)36;1-10-16-17(12-4-6-13(21)7-5-12)23-14(8-15(27)28-3)19-24-22-9-25(19)20(16)29-18(10)11(2)26;1-10(26)9-16-19-24-23-13(4)25(19)20-17(11(2)12(3)27-20)18(22-16)14-5-7-15(21)8-6-14;;;/h2*5-13,19,23H,14-16H2,1-4H3,(H,33,34);4-7,9,14H,8H2,1-3H3;5-8,16H,9H2,1-4H3;3*1H4/t;;14-;;;;/m..0..../s1. The smallest absolute Gasteiger partial charge is 0.308 e. The van der Waals surface area contributed by atoms with Gasteiger partial charge in [0.25, 0.3) is 0 Å². The van der Waals surface area contributed by atoms with Gasteiger partial charge in [-0.2, -0.15) is 8.61 Å². The van der Waals surface area contributed by atoms with E-state index in [9.17, 15) is 51.0 Å². The van der Waals surface area contributed by atoms with E-state index in [1.807, 2.05) is 167 Å². The van der Waals surface area contributed by atoms with Gasteiger partial charge in [0.15, 0.2) is 17.4 Å². The highest BCUT2D eigenvalue weighted by atomic mass is 35.5. The number of aliphatic carboxylic acids is 2. The van der Waals surface area contributed by atoms with Gasteiger partial charge in [0.1, 0.15) is 84.6 Å². The van der Waals surface area contributed by atoms with Gasteiger partial charge in [-0.1, -0.05) is 153 Å². The first-order valence-electron chi connectivity index (χ1n) is 42.4. The lowest BCUT2D eigenvalue weighted by Crippen LogP contribution is -2.35. The minimum Gasteiger partial charge on any atom is -0.488 e. The summed E-state index contributed by atoms with van der Waals surface area (Å²) in [4.78, 5) is 72.1. The molecule has 8 aromatic carbocycles. The number of Topliss-reactive ketones (excluding diaryl/α,β-unsaturated/α-hetero) is 2. The fourth-order valence-corrected chi connectivity index (χ4v) is 23.1. The number of thiophene rings is 2. The van der Waals surface area contributed by atoms with Crippen molar-refractivity contribution in [1.82, 2.24) is 68.1 Å². The summed E-state index contributed by atoms with van der Waals surface area (Å²) in [6.45, 7) is 23.3. The number of aryl methyl sites for hydroxylation is 8. The second-order valence-electron chi connectivity index (χ2n) is 33.3. The Balaban J connectivity index is 0.000000162. The van der Waals surface area contributed by atoms with Gasteiger partial charge >= 0.3 is 17.9 Å². The molecule has 0 saturated carbocycles. The van der Waals surface area contributed by atoms with Gasteiger partial charge in [0.05, 0.1) is 66.8 Å². The van der Waals surface area contributed by atoms with E-state index in [1.165, 1.54) is 37.5 Å². The Morgan fingerprint density at radius 1 is 0.526 bits per heavy atom. The molecular formula is C99H108Cl2N16O14S4. The minimum absolute atomic E-state index is 0. The fourth-order valence-electron chi connectivity index (χ4n) is 17.2. The highest BCUT2D eigenvalue weighted by Gasteiger charge is 2.39. The van der Waals surface area contributed by atoms with Crippen molar-refractivity contribution in [2.24, 2.45) is 24.1 Å². The number of halogens is 2. The monoisotopic (exact) mass is 1940 g/mol. The molecule has 2 N–H and O–H groups in total. The van der Waals surface area contributed by atoms with Crippen molar-refractivity contribution < 1.29 is 65.2 Å². The average molecular weight is 1950 g/mol. The number of benzene rings is 8. The molecule has 135 heavy (non-hydrogen) atoms. The lowest BCUT2D eigenvalue weighted by Gasteiger charge is -2.24. The Morgan fingerprint density at radius 3 is 1.42 bits per heavy atom. The van der Waals surface area contributed by atoms with Crippen LogP contribution in [0.1, 0.15) is 221 Å². The van der Waals surface area contributed by atoms with E-state index in [0.717, 1.165) is 116 Å². The first-order chi connectivity index (χ1) is 62.8. The molecule has 0 saturated heterocycles. The third-order valence-corrected chi connectivity index (χ3v) is 30.5. The van der Waals surface area contributed by atoms with Crippen molar-refractivity contribution in [2.45, 2.75) is 190 Å². The predicted octanol–water partition coefficient (Wildman–Crippen LogP) is 19.0. The van der Waals surface area contributed by atoms with Crippen LogP contribution in [-0.4, -0.2) is 168 Å². The number of hydrogen-bond donors (Lipinski definition) is 2. The van der Waals surface area contributed by atoms with Crippen molar-refractivity contribution in [3.05, 3.63) is 290 Å². The van der Waals surface area contributed by atoms with E-state index in [1.54, 1.807) is 106 Å². The second-order valence-corrected chi connectivity index (χ2v) is 40.2. The summed E-state index contributed by atoms with van der Waals surface area (Å²) in [5.74, 6) is -0.329. The maximum absolute atomic E-state index is 13.6. The highest BCUT2D eigenvalue weighted by Crippen LogP contribution is 2.45. The molecule has 18 rings (SSSR count). The molecule has 0 fully saturated rings. The van der Waals surface area contributed by atoms with Crippen LogP contribution in [0.15, 0.2) is 184 Å². The summed E-state index contributed by atoms with van der Waals surface area (Å²) in [6.07, 6.45) is 1.000. The number of fused-ring (bicyclic) bond motifs is 10. The number of carbonyl (C=O) groups is 5. The van der Waals surface area contributed by atoms with Gasteiger partial charge in [0, 0.05) is 82.6 Å². The number of esters is 1. The molecule has 0 bridgehead atoms. The van der Waals surface area contributed by atoms with E-state index in [0.29, 0.717) is 61.2 Å². The Kier molecular flexibility index (Phi) is 31.3. The number of carboxylic acid groups (broad SMARTS) is 2. The van der Waals surface area contributed by atoms with E-state index in [2.05, 4.69) is 59.4 Å². The molecule has 0 radical (unpaired) electrons. The number of hydrogen-bond acceptors (Lipinski definition) is 24. The lowest BCUT2D eigenvalue weighted by atomic mass is 9.86. The van der Waals surface area contributed by atoms with Crippen LogP contribution in [0.5, 0.6) is 11.5 Å². The normalized spacial score (nSPS) is 16.5. The molecule has 4 aliphatic rings. The number of ketones is 2. The maximum Gasteiger partial charge on any atom is 0.308 e. The Morgan fingerprint density at radius 2 is 0.978 bits per heavy atom. The van der Waals surface area contributed by atoms with Gasteiger partial charge < -0.3 is 24.4 Å². The number of sulfonamides is 2. The third kappa shape index (κ3) is 21.1. The Hall–Kier alpha value is -12.7. The summed E-state index contributed by atoms with van der Waals surface area (Å²) in [5.41, 5.74) is 19.1. The summed E-state index contributed by atoms with van der Waals surface area (Å²) < 4.78 is 81.2. The van der Waals surface area contributed by atoms with Gasteiger partial charge in [0.2, 0.25) is 20.0 Å². The number of aromatic nitrogens is 12. The molecule has 0 aliphatic carbocycles. The molecule has 4 aliphatic heterocycles. The first kappa shape index (κ1) is 101. The van der Waals surface area contributed by atoms with Crippen molar-refractivity contribution in [3.8, 4) is 21.5 Å². The van der Waals surface area contributed by atoms with E-state index < -0.39 is 55.8 Å². The van der Waals surface area contributed by atoms with Crippen LogP contribution in [0, 0.1) is 55.4 Å². The zero-order chi connectivity index (χ0) is 94.4. The topological polar surface area (TPSA) is 376 Å². The van der Waals surface area contributed by atoms with Crippen LogP contribution in [0.4, 0.5) is 0 Å². The van der Waals surface area contributed by atoms with Crippen LogP contribution in [0.2, 0.25) is 10.0 Å². The van der Waals surface area contributed by atoms with Crippen LogP contribution in [0.25, 0.3) is 32.1 Å². The molecule has 36 heteroatoms. The minimum atomic E-state index is -3.80. The number of aliphatic imine (C=N–C) groups is 2. The zero-order valence-electron chi connectivity index (χ0n) is 75.0. The Labute approximate surface area is 802 Å². The largest absolute Gasteiger partial charge is 0.488 e. The number of carbonyl (C=O) groups excluding carboxylic acids is 3. The SMILES string of the molecule is C.C.C.CC(=O)CC1N=C(c2ccc(Cl)cc2)c2c(sc(C)c2C)-n2c(C)nnc21.COC(=O)C[C@@H]1N=C(c2ccc(Cl)cc2)c2c(sc(C(C)=O)c2C)-n2cnnc21.Cc1ccc(C(CC(=O)O)c2cc(C)c3c(c2)nnn3C)cc1CN1CC(C)Oc2ccccc2S1(=O)=O.Cc1ccc(C(CC(=O)O)c2cc(C)c3c(c2)nnn3C)cc1CN1CC(C)Oc2ccccc2S1(=O)=O. The van der Waals surface area contributed by atoms with E-state index in [4.69, 9.17) is 47.4 Å². The second kappa shape index (κ2) is 41.7. The van der Waals surface area contributed by atoms with Gasteiger partial charge in [-0.3, -0.25) is 43.1 Å². The van der Waals surface area contributed by atoms with E-state index in [-0.39, 0.29) is 107 Å². The predicted molar refractivity (Wildman–Crippen MR) is 525 cm³/mol. The van der Waals surface area contributed by atoms with Crippen LogP contribution in [-0.2, 0) is 71.1 Å². The quantitative estimate of drug-likeness (QED) is 0.0561. The molecule has 5 unspecified atom stereocenters.